The highest BCUT2D eigenvalue weighted by atomic mass is 35.5. The fourth-order valence-corrected chi connectivity index (χ4v) is 3.27. The van der Waals surface area contributed by atoms with E-state index in [0.717, 1.165) is 5.56 Å². The molecule has 6 nitrogen and oxygen atoms in total. The molecule has 168 valence electrons. The molecular weight excluding hydrogens is 440 g/mol. The Kier molecular flexibility index (Phi) is 8.34. The maximum Gasteiger partial charge on any atom is 0.266 e. The molecule has 0 saturated carbocycles. The minimum absolute atomic E-state index is 0.0812. The summed E-state index contributed by atoms with van der Waals surface area (Å²) in [6.45, 7) is 2.57. The lowest BCUT2D eigenvalue weighted by molar-refractivity contribution is -0.112. The third-order valence-corrected chi connectivity index (χ3v) is 4.86. The number of nitriles is 1. The van der Waals surface area contributed by atoms with E-state index in [9.17, 15) is 10.1 Å². The monoisotopic (exact) mass is 462 g/mol. The minimum Gasteiger partial charge on any atom is -0.497 e. The van der Waals surface area contributed by atoms with Gasteiger partial charge in [-0.2, -0.15) is 5.26 Å². The van der Waals surface area contributed by atoms with Crippen molar-refractivity contribution in [2.24, 2.45) is 0 Å². The van der Waals surface area contributed by atoms with Crippen LogP contribution in [0.25, 0.3) is 6.08 Å². The predicted molar refractivity (Wildman–Crippen MR) is 129 cm³/mol. The molecule has 1 N–H and O–H groups in total. The number of amides is 1. The number of anilines is 1. The number of carbonyl (C=O) groups is 1. The molecular formula is C26H23ClN2O4. The first kappa shape index (κ1) is 23.7. The molecule has 3 rings (SSSR count). The normalized spacial score (nSPS) is 10.8. The fraction of sp³-hybridized carbons (Fsp3) is 0.154. The third kappa shape index (κ3) is 6.52. The van der Waals surface area contributed by atoms with E-state index in [1.54, 1.807) is 43.5 Å². The number of hydrogen-bond acceptors (Lipinski definition) is 5. The Morgan fingerprint density at radius 2 is 1.82 bits per heavy atom. The van der Waals surface area contributed by atoms with Gasteiger partial charge in [0.2, 0.25) is 0 Å². The van der Waals surface area contributed by atoms with E-state index in [4.69, 9.17) is 25.8 Å². The second-order valence-electron chi connectivity index (χ2n) is 6.89. The van der Waals surface area contributed by atoms with Crippen LogP contribution in [0.2, 0.25) is 5.02 Å². The van der Waals surface area contributed by atoms with Crippen LogP contribution >= 0.6 is 11.6 Å². The second kappa shape index (κ2) is 11.6. The average Bonchev–Trinajstić information content (AvgIpc) is 2.83. The minimum atomic E-state index is -0.541. The summed E-state index contributed by atoms with van der Waals surface area (Å²) in [6.07, 6.45) is 1.45. The number of nitrogens with zero attached hydrogens (tertiary/aromatic N) is 1. The zero-order valence-electron chi connectivity index (χ0n) is 18.3. The highest BCUT2D eigenvalue weighted by molar-refractivity contribution is 6.32. The van der Waals surface area contributed by atoms with E-state index >= 15 is 0 Å². The van der Waals surface area contributed by atoms with Gasteiger partial charge in [0.05, 0.1) is 18.7 Å². The molecule has 0 radical (unpaired) electrons. The standard InChI is InChI=1S/C26H23ClN2O4/c1-3-32-24-15-19(14-23(27)25(24)33-17-18-7-5-4-6-8-18)13-20(16-28)26(30)29-21-9-11-22(31-2)12-10-21/h4-15H,3,17H2,1-2H3,(H,29,30)/b20-13+. The van der Waals surface area contributed by atoms with Gasteiger partial charge in [0.15, 0.2) is 11.5 Å². The molecule has 3 aromatic rings. The van der Waals surface area contributed by atoms with Crippen LogP contribution in [0.4, 0.5) is 5.69 Å². The van der Waals surface area contributed by atoms with Gasteiger partial charge in [-0.1, -0.05) is 41.9 Å². The zero-order chi connectivity index (χ0) is 23.6. The molecule has 0 atom stereocenters. The first-order valence-corrected chi connectivity index (χ1v) is 10.6. The van der Waals surface area contributed by atoms with E-state index in [-0.39, 0.29) is 5.57 Å². The van der Waals surface area contributed by atoms with Crippen LogP contribution < -0.4 is 19.5 Å². The smallest absolute Gasteiger partial charge is 0.266 e. The van der Waals surface area contributed by atoms with Crippen LogP contribution in [-0.4, -0.2) is 19.6 Å². The number of halogens is 1. The van der Waals surface area contributed by atoms with Crippen molar-refractivity contribution in [1.29, 1.82) is 5.26 Å². The van der Waals surface area contributed by atoms with Gasteiger partial charge in [-0.05, 0) is 60.5 Å². The maximum absolute atomic E-state index is 12.6. The van der Waals surface area contributed by atoms with Crippen molar-refractivity contribution in [1.82, 2.24) is 0 Å². The predicted octanol–water partition coefficient (Wildman–Crippen LogP) is 5.87. The van der Waals surface area contributed by atoms with Crippen molar-refractivity contribution < 1.29 is 19.0 Å². The van der Waals surface area contributed by atoms with Crippen LogP contribution in [0.15, 0.2) is 72.3 Å². The summed E-state index contributed by atoms with van der Waals surface area (Å²) in [5, 5.41) is 12.5. The summed E-state index contributed by atoms with van der Waals surface area (Å²) in [7, 11) is 1.56. The van der Waals surface area contributed by atoms with E-state index < -0.39 is 5.91 Å². The molecule has 0 spiro atoms. The molecule has 1 amide bonds. The lowest BCUT2D eigenvalue weighted by atomic mass is 10.1. The number of carbonyl (C=O) groups excluding carboxylic acids is 1. The van der Waals surface area contributed by atoms with E-state index in [0.29, 0.717) is 46.7 Å². The van der Waals surface area contributed by atoms with Crippen LogP contribution in [0, 0.1) is 11.3 Å². The molecule has 0 aliphatic heterocycles. The first-order valence-electron chi connectivity index (χ1n) is 10.2. The maximum atomic E-state index is 12.6. The van der Waals surface area contributed by atoms with Crippen molar-refractivity contribution in [3.8, 4) is 23.3 Å². The topological polar surface area (TPSA) is 80.6 Å². The summed E-state index contributed by atoms with van der Waals surface area (Å²) in [5.74, 6) is 0.957. The summed E-state index contributed by atoms with van der Waals surface area (Å²) >= 11 is 6.47. The summed E-state index contributed by atoms with van der Waals surface area (Å²) < 4.78 is 16.7. The van der Waals surface area contributed by atoms with Gasteiger partial charge >= 0.3 is 0 Å². The van der Waals surface area contributed by atoms with Gasteiger partial charge in [-0.3, -0.25) is 4.79 Å². The van der Waals surface area contributed by atoms with Crippen molar-refractivity contribution >= 4 is 29.3 Å². The van der Waals surface area contributed by atoms with Crippen LogP contribution in [0.5, 0.6) is 17.2 Å². The molecule has 0 fully saturated rings. The molecule has 0 aliphatic rings. The number of ether oxygens (including phenoxy) is 3. The number of hydrogen-bond donors (Lipinski definition) is 1. The van der Waals surface area contributed by atoms with Crippen LogP contribution in [0.3, 0.4) is 0 Å². The summed E-state index contributed by atoms with van der Waals surface area (Å²) in [5.41, 5.74) is 1.99. The molecule has 0 saturated heterocycles. The first-order chi connectivity index (χ1) is 16.0. The van der Waals surface area contributed by atoms with Gasteiger partial charge < -0.3 is 19.5 Å². The van der Waals surface area contributed by atoms with Crippen molar-refractivity contribution in [3.05, 3.63) is 88.5 Å². The lowest BCUT2D eigenvalue weighted by Gasteiger charge is -2.15. The number of benzene rings is 3. The Morgan fingerprint density at radius 1 is 1.09 bits per heavy atom. The Morgan fingerprint density at radius 3 is 2.45 bits per heavy atom. The van der Waals surface area contributed by atoms with Crippen molar-refractivity contribution in [2.45, 2.75) is 13.5 Å². The zero-order valence-corrected chi connectivity index (χ0v) is 19.1. The van der Waals surface area contributed by atoms with Gasteiger partial charge in [-0.15, -0.1) is 0 Å². The molecule has 7 heteroatoms. The van der Waals surface area contributed by atoms with Gasteiger partial charge in [-0.25, -0.2) is 0 Å². The molecule has 0 aliphatic carbocycles. The lowest BCUT2D eigenvalue weighted by Crippen LogP contribution is -2.13. The van der Waals surface area contributed by atoms with E-state index in [2.05, 4.69) is 5.32 Å². The van der Waals surface area contributed by atoms with Gasteiger partial charge in [0.1, 0.15) is 24.0 Å². The Labute approximate surface area is 198 Å². The van der Waals surface area contributed by atoms with Gasteiger partial charge in [0, 0.05) is 5.69 Å². The third-order valence-electron chi connectivity index (χ3n) is 4.58. The van der Waals surface area contributed by atoms with Crippen molar-refractivity contribution in [3.63, 3.8) is 0 Å². The molecule has 0 bridgehead atoms. The Hall–Kier alpha value is -3.95. The largest absolute Gasteiger partial charge is 0.497 e. The molecule has 0 unspecified atom stereocenters. The van der Waals surface area contributed by atoms with E-state index in [1.807, 2.05) is 43.3 Å². The number of methoxy groups -OCH3 is 1. The van der Waals surface area contributed by atoms with Crippen molar-refractivity contribution in [2.75, 3.05) is 19.0 Å². The number of rotatable bonds is 9. The summed E-state index contributed by atoms with van der Waals surface area (Å²) in [4.78, 5) is 12.6. The Bertz CT molecular complexity index is 1170. The van der Waals surface area contributed by atoms with Crippen LogP contribution in [-0.2, 0) is 11.4 Å². The van der Waals surface area contributed by atoms with Gasteiger partial charge in [0.25, 0.3) is 5.91 Å². The molecule has 0 aromatic heterocycles. The molecule has 3 aromatic carbocycles. The van der Waals surface area contributed by atoms with Crippen LogP contribution in [0.1, 0.15) is 18.1 Å². The Balaban J connectivity index is 1.82. The average molecular weight is 463 g/mol. The fourth-order valence-electron chi connectivity index (χ4n) is 2.99. The van der Waals surface area contributed by atoms with E-state index in [1.165, 1.54) is 6.08 Å². The summed E-state index contributed by atoms with van der Waals surface area (Å²) in [6, 6.07) is 21.7. The molecule has 33 heavy (non-hydrogen) atoms. The number of nitrogens with one attached hydrogen (secondary N) is 1. The SMILES string of the molecule is CCOc1cc(/C=C(\C#N)C(=O)Nc2ccc(OC)cc2)cc(Cl)c1OCc1ccccc1. The highest BCUT2D eigenvalue weighted by Gasteiger charge is 2.15. The quantitative estimate of drug-likeness (QED) is 0.317. The highest BCUT2D eigenvalue weighted by Crippen LogP contribution is 2.38. The molecule has 0 heterocycles. The second-order valence-corrected chi connectivity index (χ2v) is 7.30.